The van der Waals surface area contributed by atoms with Crippen LogP contribution in [0.25, 0.3) is 5.65 Å². The lowest BCUT2D eigenvalue weighted by molar-refractivity contribution is -0.123. The van der Waals surface area contributed by atoms with Crippen LogP contribution in [-0.4, -0.2) is 39.8 Å². The third kappa shape index (κ3) is 3.12. The number of imidazole rings is 1. The van der Waals surface area contributed by atoms with Gasteiger partial charge in [0.05, 0.1) is 11.4 Å². The fourth-order valence-electron chi connectivity index (χ4n) is 3.63. The van der Waals surface area contributed by atoms with E-state index in [4.69, 9.17) is 10.5 Å². The summed E-state index contributed by atoms with van der Waals surface area (Å²) >= 11 is 0. The van der Waals surface area contributed by atoms with Crippen LogP contribution < -0.4 is 15.4 Å². The number of aromatic nitrogens is 2. The number of urea groups is 1. The lowest BCUT2D eigenvalue weighted by atomic mass is 10.1. The molecule has 8 nitrogen and oxygen atoms in total. The molecule has 2 N–H and O–H groups in total. The SMILES string of the molecule is CN1C(=O)CN(c2cc(C3CC3)cn3cc(COc4cc(N)ccc4F)nc23)C1=O. The van der Waals surface area contributed by atoms with Gasteiger partial charge in [-0.25, -0.2) is 14.2 Å². The van der Waals surface area contributed by atoms with Gasteiger partial charge in [0.2, 0.25) is 5.91 Å². The number of carbonyl (C=O) groups is 2. The first kappa shape index (κ1) is 18.4. The van der Waals surface area contributed by atoms with E-state index in [9.17, 15) is 14.0 Å². The molecule has 3 aromatic rings. The highest BCUT2D eigenvalue weighted by Crippen LogP contribution is 2.42. The van der Waals surface area contributed by atoms with Crippen LogP contribution in [-0.2, 0) is 11.4 Å². The van der Waals surface area contributed by atoms with Gasteiger partial charge in [-0.05, 0) is 42.5 Å². The van der Waals surface area contributed by atoms with E-state index in [0.717, 1.165) is 23.3 Å². The van der Waals surface area contributed by atoms with Crippen molar-refractivity contribution < 1.29 is 18.7 Å². The minimum absolute atomic E-state index is 0.0215. The summed E-state index contributed by atoms with van der Waals surface area (Å²) in [6, 6.07) is 5.70. The number of rotatable bonds is 5. The van der Waals surface area contributed by atoms with E-state index in [1.165, 1.54) is 30.1 Å². The molecule has 0 radical (unpaired) electrons. The number of anilines is 2. The van der Waals surface area contributed by atoms with Gasteiger partial charge in [-0.3, -0.25) is 14.6 Å². The fourth-order valence-corrected chi connectivity index (χ4v) is 3.63. The number of halogens is 1. The molecule has 154 valence electrons. The third-order valence-corrected chi connectivity index (χ3v) is 5.46. The number of benzene rings is 1. The Labute approximate surface area is 171 Å². The maximum Gasteiger partial charge on any atom is 0.331 e. The Bertz CT molecular complexity index is 1190. The van der Waals surface area contributed by atoms with Crippen LogP contribution in [0.3, 0.4) is 0 Å². The summed E-state index contributed by atoms with van der Waals surface area (Å²) in [5, 5.41) is 0. The number of ether oxygens (including phenoxy) is 1. The summed E-state index contributed by atoms with van der Waals surface area (Å²) in [5.74, 6) is -0.271. The van der Waals surface area contributed by atoms with Crippen molar-refractivity contribution in [2.24, 2.45) is 0 Å². The first-order valence-electron chi connectivity index (χ1n) is 9.68. The second kappa shape index (κ2) is 6.72. The Morgan fingerprint density at radius 1 is 1.23 bits per heavy atom. The minimum atomic E-state index is -0.506. The van der Waals surface area contributed by atoms with Crippen molar-refractivity contribution in [2.45, 2.75) is 25.4 Å². The summed E-state index contributed by atoms with van der Waals surface area (Å²) < 4.78 is 21.3. The Kier molecular flexibility index (Phi) is 4.12. The first-order valence-corrected chi connectivity index (χ1v) is 9.68. The van der Waals surface area contributed by atoms with Crippen LogP contribution in [0.4, 0.5) is 20.6 Å². The van der Waals surface area contributed by atoms with Gasteiger partial charge >= 0.3 is 6.03 Å². The van der Waals surface area contributed by atoms with E-state index in [2.05, 4.69) is 4.98 Å². The monoisotopic (exact) mass is 409 g/mol. The Morgan fingerprint density at radius 3 is 2.73 bits per heavy atom. The number of carbonyl (C=O) groups excluding carboxylic acids is 2. The van der Waals surface area contributed by atoms with Gasteiger partial charge in [-0.15, -0.1) is 0 Å². The fraction of sp³-hybridized carbons (Fsp3) is 0.286. The molecule has 0 bridgehead atoms. The number of pyridine rings is 1. The number of amides is 3. The Balaban J connectivity index is 1.51. The van der Waals surface area contributed by atoms with Gasteiger partial charge < -0.3 is 14.9 Å². The van der Waals surface area contributed by atoms with Crippen molar-refractivity contribution in [3.05, 3.63) is 53.7 Å². The summed E-state index contributed by atoms with van der Waals surface area (Å²) in [4.78, 5) is 31.7. The molecule has 3 amide bonds. The highest BCUT2D eigenvalue weighted by Gasteiger charge is 2.36. The molecule has 5 rings (SSSR count). The number of imide groups is 1. The topological polar surface area (TPSA) is 93.2 Å². The van der Waals surface area contributed by atoms with E-state index in [-0.39, 0.29) is 30.8 Å². The van der Waals surface area contributed by atoms with E-state index in [1.54, 1.807) is 6.20 Å². The van der Waals surface area contributed by atoms with Crippen LogP contribution in [0.2, 0.25) is 0 Å². The molecule has 1 aromatic carbocycles. The highest BCUT2D eigenvalue weighted by molar-refractivity contribution is 6.13. The molecular formula is C21H20FN5O3. The highest BCUT2D eigenvalue weighted by atomic mass is 19.1. The number of fused-ring (bicyclic) bond motifs is 1. The third-order valence-electron chi connectivity index (χ3n) is 5.46. The average Bonchev–Trinajstić information content (AvgIpc) is 3.45. The Morgan fingerprint density at radius 2 is 2.03 bits per heavy atom. The largest absolute Gasteiger partial charge is 0.484 e. The van der Waals surface area contributed by atoms with Crippen LogP contribution in [0.5, 0.6) is 5.75 Å². The molecule has 0 unspecified atom stereocenters. The smallest absolute Gasteiger partial charge is 0.331 e. The number of likely N-dealkylation sites (N-methyl/N-ethyl adjacent to an activating group) is 1. The van der Waals surface area contributed by atoms with Gasteiger partial charge in [0.15, 0.2) is 17.2 Å². The lowest BCUT2D eigenvalue weighted by Gasteiger charge is -2.17. The number of nitrogens with two attached hydrogens (primary N) is 1. The van der Waals surface area contributed by atoms with Gasteiger partial charge in [-0.1, -0.05) is 0 Å². The molecule has 0 spiro atoms. The number of nitrogens with zero attached hydrogens (tertiary/aromatic N) is 4. The molecule has 3 heterocycles. The first-order chi connectivity index (χ1) is 14.4. The summed E-state index contributed by atoms with van der Waals surface area (Å²) in [5.41, 5.74) is 8.89. The predicted molar refractivity (Wildman–Crippen MR) is 108 cm³/mol. The van der Waals surface area contributed by atoms with Crippen molar-refractivity contribution in [1.82, 2.24) is 14.3 Å². The summed E-state index contributed by atoms with van der Waals surface area (Å²) in [6.07, 6.45) is 5.97. The molecular weight excluding hydrogens is 389 g/mol. The summed E-state index contributed by atoms with van der Waals surface area (Å²) in [6.45, 7) is 0.0132. The van der Waals surface area contributed by atoms with E-state index in [1.807, 2.05) is 16.7 Å². The van der Waals surface area contributed by atoms with Crippen molar-refractivity contribution >= 4 is 29.0 Å². The normalized spacial score (nSPS) is 16.7. The van der Waals surface area contributed by atoms with Crippen molar-refractivity contribution in [3.8, 4) is 5.75 Å². The molecule has 1 saturated carbocycles. The maximum atomic E-state index is 13.9. The van der Waals surface area contributed by atoms with Crippen LogP contribution in [0.15, 0.2) is 36.7 Å². The molecule has 2 aliphatic rings. The molecule has 1 aliphatic heterocycles. The predicted octanol–water partition coefficient (Wildman–Crippen LogP) is 2.91. The van der Waals surface area contributed by atoms with E-state index < -0.39 is 5.82 Å². The minimum Gasteiger partial charge on any atom is -0.484 e. The maximum absolute atomic E-state index is 13.9. The van der Waals surface area contributed by atoms with Crippen molar-refractivity contribution in [2.75, 3.05) is 24.2 Å². The van der Waals surface area contributed by atoms with Crippen LogP contribution >= 0.6 is 0 Å². The van der Waals surface area contributed by atoms with Gasteiger partial charge in [0.1, 0.15) is 13.2 Å². The molecule has 1 aliphatic carbocycles. The summed E-state index contributed by atoms with van der Waals surface area (Å²) in [7, 11) is 1.47. The number of nitrogen functional groups attached to an aromatic ring is 1. The molecule has 9 heteroatoms. The molecule has 1 saturated heterocycles. The van der Waals surface area contributed by atoms with Crippen molar-refractivity contribution in [3.63, 3.8) is 0 Å². The standard InChI is InChI=1S/C21H20FN5O3/c1-25-19(28)10-27(21(25)29)17-6-13(12-2-3-12)8-26-9-15(24-20(17)26)11-30-18-7-14(23)4-5-16(18)22/h4-9,12H,2-3,10-11,23H2,1H3. The molecule has 30 heavy (non-hydrogen) atoms. The quantitative estimate of drug-likeness (QED) is 0.517. The zero-order valence-electron chi connectivity index (χ0n) is 16.3. The van der Waals surface area contributed by atoms with Gasteiger partial charge in [0.25, 0.3) is 0 Å². The van der Waals surface area contributed by atoms with Gasteiger partial charge in [0, 0.05) is 31.2 Å². The van der Waals surface area contributed by atoms with Crippen LogP contribution in [0.1, 0.15) is 30.0 Å². The zero-order chi connectivity index (χ0) is 21.0. The zero-order valence-corrected chi connectivity index (χ0v) is 16.3. The van der Waals surface area contributed by atoms with E-state index in [0.29, 0.717) is 28.6 Å². The molecule has 2 fully saturated rings. The second-order valence-electron chi connectivity index (χ2n) is 7.70. The lowest BCUT2D eigenvalue weighted by Crippen LogP contribution is -2.30. The number of hydrogen-bond acceptors (Lipinski definition) is 5. The van der Waals surface area contributed by atoms with E-state index >= 15 is 0 Å². The molecule has 0 atom stereocenters. The van der Waals surface area contributed by atoms with Gasteiger partial charge in [-0.2, -0.15) is 0 Å². The molecule has 2 aromatic heterocycles. The number of hydrogen-bond donors (Lipinski definition) is 1. The Hall–Kier alpha value is -3.62. The van der Waals surface area contributed by atoms with Crippen molar-refractivity contribution in [1.29, 1.82) is 0 Å². The van der Waals surface area contributed by atoms with Crippen LogP contribution in [0, 0.1) is 5.82 Å². The average molecular weight is 409 g/mol. The second-order valence-corrected chi connectivity index (χ2v) is 7.70.